The fraction of sp³-hybridized carbons (Fsp3) is 0.0714. The molecule has 2 aromatic carbocycles. The number of ketones is 1. The second-order valence-electron chi connectivity index (χ2n) is 4.05. The molecule has 0 spiro atoms. The van der Waals surface area contributed by atoms with Gasteiger partial charge in [0.05, 0.1) is 0 Å². The molecule has 0 heterocycles. The SMILES string of the molecule is O=C(C=C([O][Ga])C(F)(F)F)c1ccc2ccccc2c1. The van der Waals surface area contributed by atoms with Crippen molar-refractivity contribution in [3.8, 4) is 0 Å². The summed E-state index contributed by atoms with van der Waals surface area (Å²) >= 11 is 0.425. The molecule has 0 atom stereocenters. The van der Waals surface area contributed by atoms with Crippen molar-refractivity contribution in [3.63, 3.8) is 0 Å². The molecule has 0 amide bonds. The molecule has 100 valence electrons. The molecule has 2 radical (unpaired) electrons. The summed E-state index contributed by atoms with van der Waals surface area (Å²) in [6, 6.07) is 12.0. The molecule has 20 heavy (non-hydrogen) atoms. The van der Waals surface area contributed by atoms with E-state index < -0.39 is 17.7 Å². The Morgan fingerprint density at radius 1 is 1.10 bits per heavy atom. The average Bonchev–Trinajstić information content (AvgIpc) is 2.42. The van der Waals surface area contributed by atoms with Crippen LogP contribution in [0.25, 0.3) is 10.8 Å². The molecule has 0 fully saturated rings. The van der Waals surface area contributed by atoms with Gasteiger partial charge < -0.3 is 0 Å². The first kappa shape index (κ1) is 14.7. The molecule has 6 heteroatoms. The zero-order valence-electron chi connectivity index (χ0n) is 10.1. The normalized spacial score (nSPS) is 12.4. The van der Waals surface area contributed by atoms with Gasteiger partial charge in [-0.1, -0.05) is 0 Å². The van der Waals surface area contributed by atoms with Crippen molar-refractivity contribution in [2.75, 3.05) is 0 Å². The van der Waals surface area contributed by atoms with Crippen LogP contribution in [0, 0.1) is 0 Å². The van der Waals surface area contributed by atoms with Crippen molar-refractivity contribution in [2.45, 2.75) is 6.18 Å². The van der Waals surface area contributed by atoms with Gasteiger partial charge in [0.15, 0.2) is 0 Å². The Morgan fingerprint density at radius 3 is 2.35 bits per heavy atom. The van der Waals surface area contributed by atoms with Crippen LogP contribution in [0.4, 0.5) is 13.2 Å². The zero-order valence-corrected chi connectivity index (χ0v) is 12.6. The van der Waals surface area contributed by atoms with Gasteiger partial charge in [-0.3, -0.25) is 0 Å². The van der Waals surface area contributed by atoms with Crippen molar-refractivity contribution >= 4 is 35.5 Å². The maximum absolute atomic E-state index is 12.5. The van der Waals surface area contributed by atoms with Gasteiger partial charge >= 0.3 is 123 Å². The fourth-order valence-corrected chi connectivity index (χ4v) is 2.15. The molecule has 0 aromatic heterocycles. The van der Waals surface area contributed by atoms with Crippen LogP contribution in [0.15, 0.2) is 54.3 Å². The predicted octanol–water partition coefficient (Wildman–Crippen LogP) is 3.57. The van der Waals surface area contributed by atoms with Crippen molar-refractivity contribution in [3.05, 3.63) is 59.9 Å². The monoisotopic (exact) mass is 334 g/mol. The van der Waals surface area contributed by atoms with E-state index in [0.29, 0.717) is 25.0 Å². The van der Waals surface area contributed by atoms with Gasteiger partial charge in [0.1, 0.15) is 0 Å². The summed E-state index contributed by atoms with van der Waals surface area (Å²) < 4.78 is 41.8. The van der Waals surface area contributed by atoms with E-state index in [4.69, 9.17) is 0 Å². The molecule has 0 N–H and O–H groups in total. The molecule has 0 bridgehead atoms. The number of hydrogen-bond acceptors (Lipinski definition) is 2. The molecule has 0 saturated carbocycles. The summed E-state index contributed by atoms with van der Waals surface area (Å²) in [5.74, 6) is -2.02. The van der Waals surface area contributed by atoms with Crippen LogP contribution in [0.3, 0.4) is 0 Å². The summed E-state index contributed by atoms with van der Waals surface area (Å²) in [6.07, 6.45) is -4.19. The first-order valence-electron chi connectivity index (χ1n) is 5.60. The van der Waals surface area contributed by atoms with Gasteiger partial charge in [0, 0.05) is 0 Å². The Hall–Kier alpha value is -1.66. The Bertz CT molecular complexity index is 677. The maximum atomic E-state index is 12.5. The van der Waals surface area contributed by atoms with E-state index >= 15 is 0 Å². The van der Waals surface area contributed by atoms with Crippen LogP contribution in [-0.2, 0) is 3.53 Å². The molecule has 0 unspecified atom stereocenters. The molecule has 0 saturated heterocycles. The topological polar surface area (TPSA) is 26.3 Å². The minimum absolute atomic E-state index is 0.190. The van der Waals surface area contributed by atoms with Crippen LogP contribution in [0.1, 0.15) is 10.4 Å². The second-order valence-corrected chi connectivity index (χ2v) is 4.54. The van der Waals surface area contributed by atoms with E-state index in [1.54, 1.807) is 24.3 Å². The van der Waals surface area contributed by atoms with Crippen molar-refractivity contribution < 1.29 is 21.5 Å². The van der Waals surface area contributed by atoms with E-state index in [0.717, 1.165) is 10.8 Å². The number of carbonyl (C=O) groups excluding carboxylic acids is 1. The van der Waals surface area contributed by atoms with Gasteiger partial charge in [0.2, 0.25) is 0 Å². The van der Waals surface area contributed by atoms with Crippen LogP contribution in [0.5, 0.6) is 0 Å². The summed E-state index contributed by atoms with van der Waals surface area (Å²) in [4.78, 5) is 11.9. The van der Waals surface area contributed by atoms with E-state index in [-0.39, 0.29) is 5.56 Å². The predicted molar refractivity (Wildman–Crippen MR) is 69.3 cm³/mol. The molecule has 2 rings (SSSR count). The van der Waals surface area contributed by atoms with Crippen LogP contribution < -0.4 is 0 Å². The van der Waals surface area contributed by atoms with Crippen LogP contribution in [-0.4, -0.2) is 30.9 Å². The summed E-state index contributed by atoms with van der Waals surface area (Å²) in [5, 5.41) is 1.71. The van der Waals surface area contributed by atoms with Gasteiger partial charge in [-0.25, -0.2) is 0 Å². The van der Waals surface area contributed by atoms with Crippen molar-refractivity contribution in [1.82, 2.24) is 0 Å². The van der Waals surface area contributed by atoms with E-state index in [2.05, 4.69) is 3.53 Å². The molecular weight excluding hydrogens is 327 g/mol. The Morgan fingerprint density at radius 2 is 1.75 bits per heavy atom. The second kappa shape index (κ2) is 5.76. The third-order valence-electron chi connectivity index (χ3n) is 2.70. The number of alkyl halides is 3. The van der Waals surface area contributed by atoms with Gasteiger partial charge in [-0.05, 0) is 0 Å². The molecule has 2 aromatic rings. The number of rotatable bonds is 3. The van der Waals surface area contributed by atoms with Gasteiger partial charge in [-0.2, -0.15) is 0 Å². The van der Waals surface area contributed by atoms with Crippen LogP contribution in [0.2, 0.25) is 0 Å². The standard InChI is InChI=1S/C14H9F3O2.Ga/c15-14(16,17)13(19)8-12(18)11-6-5-9-3-1-2-4-10(9)7-11;/h1-8,19H;/q;+1/p-1. The van der Waals surface area contributed by atoms with Crippen molar-refractivity contribution in [2.24, 2.45) is 0 Å². The average molecular weight is 335 g/mol. The third kappa shape index (κ3) is 3.26. The number of halogens is 3. The van der Waals surface area contributed by atoms with E-state index in [1.165, 1.54) is 6.07 Å². The fourth-order valence-electron chi connectivity index (χ4n) is 1.73. The Balaban J connectivity index is 2.38. The molecule has 0 aliphatic carbocycles. The first-order chi connectivity index (χ1) is 9.41. The Kier molecular flexibility index (Phi) is 4.25. The molecule has 0 aliphatic rings. The molecule has 2 nitrogen and oxygen atoms in total. The van der Waals surface area contributed by atoms with Gasteiger partial charge in [-0.15, -0.1) is 0 Å². The molecule has 0 aliphatic heterocycles. The number of carbonyl (C=O) groups is 1. The quantitative estimate of drug-likeness (QED) is 0.371. The number of allylic oxidation sites excluding steroid dienone is 2. The molecular formula is C14H8F3GaO2. The summed E-state index contributed by atoms with van der Waals surface area (Å²) in [7, 11) is 0. The third-order valence-corrected chi connectivity index (χ3v) is 3.24. The van der Waals surface area contributed by atoms with Crippen molar-refractivity contribution in [1.29, 1.82) is 0 Å². The zero-order chi connectivity index (χ0) is 14.8. The van der Waals surface area contributed by atoms with Crippen LogP contribution >= 0.6 is 0 Å². The van der Waals surface area contributed by atoms with E-state index in [1.807, 2.05) is 12.1 Å². The summed E-state index contributed by atoms with van der Waals surface area (Å²) in [6.45, 7) is 0. The summed E-state index contributed by atoms with van der Waals surface area (Å²) in [5.41, 5.74) is 0.190. The van der Waals surface area contributed by atoms with Gasteiger partial charge in [0.25, 0.3) is 0 Å². The number of benzene rings is 2. The number of fused-ring (bicyclic) bond motifs is 1. The first-order valence-corrected chi connectivity index (χ1v) is 6.59. The minimum atomic E-state index is -4.66. The Labute approximate surface area is 123 Å². The number of hydrogen-bond donors (Lipinski definition) is 0. The van der Waals surface area contributed by atoms with E-state index in [9.17, 15) is 18.0 Å².